The summed E-state index contributed by atoms with van der Waals surface area (Å²) in [5.41, 5.74) is 0.674. The standard InChI is InChI=1S/C21H32N2O4/c1-5-7-8-15(6-2)13-22-21(25)16-11-20(24)23(14-16)18-10-9-17(26-3)12-19(18)27-4/h9-10,12,15-16H,5-8,11,13-14H2,1-4H3,(H,22,25)/t15-,16+/m1/s1. The van der Waals surface area contributed by atoms with Crippen molar-refractivity contribution in [1.29, 1.82) is 0 Å². The Morgan fingerprint density at radius 1 is 1.30 bits per heavy atom. The summed E-state index contributed by atoms with van der Waals surface area (Å²) in [6.45, 7) is 5.39. The molecule has 0 saturated carbocycles. The van der Waals surface area contributed by atoms with E-state index in [4.69, 9.17) is 9.47 Å². The van der Waals surface area contributed by atoms with E-state index in [2.05, 4.69) is 19.2 Å². The van der Waals surface area contributed by atoms with Crippen molar-refractivity contribution in [3.63, 3.8) is 0 Å². The highest BCUT2D eigenvalue weighted by Crippen LogP contribution is 2.35. The molecular weight excluding hydrogens is 344 g/mol. The molecular formula is C21H32N2O4. The molecule has 0 aliphatic carbocycles. The van der Waals surface area contributed by atoms with E-state index in [0.717, 1.165) is 12.8 Å². The van der Waals surface area contributed by atoms with Gasteiger partial charge in [0, 0.05) is 25.6 Å². The molecule has 0 aromatic heterocycles. The van der Waals surface area contributed by atoms with E-state index < -0.39 is 0 Å². The number of anilines is 1. The Balaban J connectivity index is 1.99. The number of ether oxygens (including phenoxy) is 2. The summed E-state index contributed by atoms with van der Waals surface area (Å²) in [6.07, 6.45) is 4.76. The Morgan fingerprint density at radius 3 is 2.70 bits per heavy atom. The van der Waals surface area contributed by atoms with E-state index in [1.165, 1.54) is 12.8 Å². The number of carbonyl (C=O) groups excluding carboxylic acids is 2. The summed E-state index contributed by atoms with van der Waals surface area (Å²) in [5, 5.41) is 3.05. The third kappa shape index (κ3) is 5.37. The highest BCUT2D eigenvalue weighted by atomic mass is 16.5. The van der Waals surface area contributed by atoms with Crippen LogP contribution in [-0.2, 0) is 9.59 Å². The van der Waals surface area contributed by atoms with Gasteiger partial charge in [-0.05, 0) is 24.5 Å². The van der Waals surface area contributed by atoms with Gasteiger partial charge >= 0.3 is 0 Å². The van der Waals surface area contributed by atoms with Gasteiger partial charge in [0.25, 0.3) is 0 Å². The van der Waals surface area contributed by atoms with E-state index in [0.29, 0.717) is 36.2 Å². The number of methoxy groups -OCH3 is 2. The molecule has 1 aromatic rings. The molecule has 1 N–H and O–H groups in total. The van der Waals surface area contributed by atoms with Gasteiger partial charge in [0.2, 0.25) is 11.8 Å². The lowest BCUT2D eigenvalue weighted by atomic mass is 9.99. The van der Waals surface area contributed by atoms with E-state index in [9.17, 15) is 9.59 Å². The molecule has 1 aliphatic heterocycles. The smallest absolute Gasteiger partial charge is 0.227 e. The summed E-state index contributed by atoms with van der Waals surface area (Å²) < 4.78 is 10.6. The number of benzene rings is 1. The number of unbranched alkanes of at least 4 members (excludes halogenated alkanes) is 1. The molecule has 2 atom stereocenters. The fraction of sp³-hybridized carbons (Fsp3) is 0.619. The zero-order valence-corrected chi connectivity index (χ0v) is 16.9. The maximum Gasteiger partial charge on any atom is 0.227 e. The van der Waals surface area contributed by atoms with Gasteiger partial charge in [0.05, 0.1) is 25.8 Å². The SMILES string of the molecule is CCCC[C@@H](CC)CNC(=O)[C@H]1CC(=O)N(c2ccc(OC)cc2OC)C1. The van der Waals surface area contributed by atoms with Crippen LogP contribution in [0.3, 0.4) is 0 Å². The van der Waals surface area contributed by atoms with Crippen LogP contribution in [0.5, 0.6) is 11.5 Å². The lowest BCUT2D eigenvalue weighted by molar-refractivity contribution is -0.126. The Hall–Kier alpha value is -2.24. The zero-order valence-electron chi connectivity index (χ0n) is 16.9. The molecule has 0 radical (unpaired) electrons. The van der Waals surface area contributed by atoms with Gasteiger partial charge in [-0.15, -0.1) is 0 Å². The van der Waals surface area contributed by atoms with Crippen LogP contribution < -0.4 is 19.7 Å². The average Bonchev–Trinajstić information content (AvgIpc) is 3.08. The molecule has 150 valence electrons. The van der Waals surface area contributed by atoms with Crippen molar-refractivity contribution in [2.45, 2.75) is 46.0 Å². The minimum atomic E-state index is -0.326. The lowest BCUT2D eigenvalue weighted by Crippen LogP contribution is -2.35. The minimum Gasteiger partial charge on any atom is -0.497 e. The van der Waals surface area contributed by atoms with E-state index in [-0.39, 0.29) is 24.2 Å². The first-order valence-electron chi connectivity index (χ1n) is 9.84. The number of nitrogens with one attached hydrogen (secondary N) is 1. The van der Waals surface area contributed by atoms with Crippen LogP contribution in [0.25, 0.3) is 0 Å². The van der Waals surface area contributed by atoms with Crippen LogP contribution in [-0.4, -0.2) is 39.1 Å². The topological polar surface area (TPSA) is 67.9 Å². The molecule has 2 amide bonds. The number of nitrogens with zero attached hydrogens (tertiary/aromatic N) is 1. The number of amides is 2. The van der Waals surface area contributed by atoms with Crippen molar-refractivity contribution in [3.8, 4) is 11.5 Å². The minimum absolute atomic E-state index is 0.0340. The molecule has 0 unspecified atom stereocenters. The first-order valence-corrected chi connectivity index (χ1v) is 9.84. The molecule has 1 saturated heterocycles. The molecule has 1 aromatic carbocycles. The summed E-state index contributed by atoms with van der Waals surface area (Å²) >= 11 is 0. The Morgan fingerprint density at radius 2 is 2.07 bits per heavy atom. The van der Waals surface area contributed by atoms with Crippen molar-refractivity contribution in [2.24, 2.45) is 11.8 Å². The van der Waals surface area contributed by atoms with Crippen LogP contribution in [0.2, 0.25) is 0 Å². The van der Waals surface area contributed by atoms with E-state index >= 15 is 0 Å². The summed E-state index contributed by atoms with van der Waals surface area (Å²) in [7, 11) is 3.14. The average molecular weight is 376 g/mol. The van der Waals surface area contributed by atoms with Gasteiger partial charge in [-0.2, -0.15) is 0 Å². The quantitative estimate of drug-likeness (QED) is 0.680. The van der Waals surface area contributed by atoms with Crippen molar-refractivity contribution in [3.05, 3.63) is 18.2 Å². The Kier molecular flexibility index (Phi) is 7.95. The van der Waals surface area contributed by atoms with E-state index in [1.807, 2.05) is 0 Å². The second kappa shape index (κ2) is 10.2. The fourth-order valence-corrected chi connectivity index (χ4v) is 3.46. The predicted molar refractivity (Wildman–Crippen MR) is 106 cm³/mol. The van der Waals surface area contributed by atoms with Crippen LogP contribution in [0, 0.1) is 11.8 Å². The summed E-state index contributed by atoms with van der Waals surface area (Å²) in [5.74, 6) is 1.31. The van der Waals surface area contributed by atoms with Gasteiger partial charge in [-0.3, -0.25) is 9.59 Å². The fourth-order valence-electron chi connectivity index (χ4n) is 3.46. The molecule has 1 fully saturated rings. The highest BCUT2D eigenvalue weighted by Gasteiger charge is 2.36. The largest absolute Gasteiger partial charge is 0.497 e. The maximum absolute atomic E-state index is 12.6. The van der Waals surface area contributed by atoms with Crippen molar-refractivity contribution in [2.75, 3.05) is 32.2 Å². The first kappa shape index (κ1) is 21.1. The number of carbonyl (C=O) groups is 2. The number of hydrogen-bond donors (Lipinski definition) is 1. The summed E-state index contributed by atoms with van der Waals surface area (Å²) in [4.78, 5) is 26.7. The molecule has 2 rings (SSSR count). The third-order valence-electron chi connectivity index (χ3n) is 5.28. The van der Waals surface area contributed by atoms with E-state index in [1.54, 1.807) is 37.3 Å². The lowest BCUT2D eigenvalue weighted by Gasteiger charge is -2.20. The van der Waals surface area contributed by atoms with Crippen molar-refractivity contribution in [1.82, 2.24) is 5.32 Å². The Bertz CT molecular complexity index is 647. The molecule has 6 heteroatoms. The number of rotatable bonds is 10. The molecule has 1 aliphatic rings. The maximum atomic E-state index is 12.6. The third-order valence-corrected chi connectivity index (χ3v) is 5.28. The Labute approximate surface area is 162 Å². The highest BCUT2D eigenvalue weighted by molar-refractivity contribution is 6.01. The molecule has 0 bridgehead atoms. The first-order chi connectivity index (χ1) is 13.0. The monoisotopic (exact) mass is 376 g/mol. The summed E-state index contributed by atoms with van der Waals surface area (Å²) in [6, 6.07) is 5.33. The predicted octanol–water partition coefficient (Wildman–Crippen LogP) is 3.39. The van der Waals surface area contributed by atoms with Gasteiger partial charge in [-0.25, -0.2) is 0 Å². The van der Waals surface area contributed by atoms with Crippen molar-refractivity contribution < 1.29 is 19.1 Å². The van der Waals surface area contributed by atoms with Gasteiger partial charge < -0.3 is 19.7 Å². The molecule has 27 heavy (non-hydrogen) atoms. The normalized spacial score (nSPS) is 17.7. The van der Waals surface area contributed by atoms with Crippen LogP contribution in [0.4, 0.5) is 5.69 Å². The van der Waals surface area contributed by atoms with Gasteiger partial charge in [-0.1, -0.05) is 33.1 Å². The molecule has 1 heterocycles. The second-order valence-corrected chi connectivity index (χ2v) is 7.10. The van der Waals surface area contributed by atoms with Crippen LogP contribution in [0.1, 0.15) is 46.0 Å². The van der Waals surface area contributed by atoms with Crippen molar-refractivity contribution >= 4 is 17.5 Å². The number of hydrogen-bond acceptors (Lipinski definition) is 4. The second-order valence-electron chi connectivity index (χ2n) is 7.10. The van der Waals surface area contributed by atoms with Crippen LogP contribution >= 0.6 is 0 Å². The zero-order chi connectivity index (χ0) is 19.8. The molecule has 0 spiro atoms. The molecule has 6 nitrogen and oxygen atoms in total. The van der Waals surface area contributed by atoms with Gasteiger partial charge in [0.1, 0.15) is 11.5 Å². The van der Waals surface area contributed by atoms with Gasteiger partial charge in [0.15, 0.2) is 0 Å². The van der Waals surface area contributed by atoms with Crippen LogP contribution in [0.15, 0.2) is 18.2 Å².